The van der Waals surface area contributed by atoms with E-state index in [0.29, 0.717) is 0 Å². The van der Waals surface area contributed by atoms with Crippen LogP contribution in [-0.2, 0) is 10.4 Å². The van der Waals surface area contributed by atoms with E-state index in [4.69, 9.17) is 11.5 Å². The fourth-order valence-electron chi connectivity index (χ4n) is 1.81. The molecule has 18 heavy (non-hydrogen) atoms. The molecule has 0 bridgehead atoms. The second-order valence-electron chi connectivity index (χ2n) is 4.38. The lowest BCUT2D eigenvalue weighted by molar-refractivity contribution is -0.138. The van der Waals surface area contributed by atoms with Crippen LogP contribution in [0.4, 0.5) is 0 Å². The summed E-state index contributed by atoms with van der Waals surface area (Å²) in [6.07, 6.45) is 5.20. The topological polar surface area (TPSA) is 60.8 Å². The molecule has 1 unspecified atom stereocenters. The van der Waals surface area contributed by atoms with Crippen molar-refractivity contribution in [2.75, 3.05) is 19.6 Å². The molecule has 0 amide bonds. The highest BCUT2D eigenvalue weighted by atomic mass is 16.4. The zero-order chi connectivity index (χ0) is 13.6. The Bertz CT molecular complexity index is 434. The van der Waals surface area contributed by atoms with Crippen LogP contribution in [0.3, 0.4) is 0 Å². The molecule has 0 aliphatic rings. The van der Waals surface area contributed by atoms with Crippen molar-refractivity contribution in [2.45, 2.75) is 12.5 Å². The van der Waals surface area contributed by atoms with Crippen molar-refractivity contribution in [2.24, 2.45) is 0 Å². The second-order valence-corrected chi connectivity index (χ2v) is 4.38. The summed E-state index contributed by atoms with van der Waals surface area (Å²) in [6.45, 7) is 1.82. The second kappa shape index (κ2) is 6.20. The average Bonchev–Trinajstić information content (AvgIpc) is 2.29. The molecule has 0 aliphatic carbocycles. The molecule has 0 saturated carbocycles. The van der Waals surface area contributed by atoms with E-state index in [1.54, 1.807) is 19.1 Å². The van der Waals surface area contributed by atoms with Gasteiger partial charge in [-0.3, -0.25) is 9.69 Å². The fraction of sp³-hybridized carbons (Fsp3) is 0.357. The smallest absolute Gasteiger partial charge is 0.317 e. The molecule has 0 aromatic heterocycles. The monoisotopic (exact) mass is 247 g/mol. The zero-order valence-electron chi connectivity index (χ0n) is 10.3. The Balaban J connectivity index is 2.79. The van der Waals surface area contributed by atoms with E-state index in [-0.39, 0.29) is 19.6 Å². The first-order valence-electron chi connectivity index (χ1n) is 5.61. The molecular weight excluding hydrogens is 230 g/mol. The normalized spacial score (nSPS) is 13.9. The van der Waals surface area contributed by atoms with Crippen LogP contribution < -0.4 is 0 Å². The first-order chi connectivity index (χ1) is 8.45. The Morgan fingerprint density at radius 2 is 2.06 bits per heavy atom. The van der Waals surface area contributed by atoms with E-state index in [2.05, 4.69) is 5.92 Å². The quantitative estimate of drug-likeness (QED) is 0.734. The van der Waals surface area contributed by atoms with Crippen molar-refractivity contribution < 1.29 is 15.0 Å². The third-order valence-electron chi connectivity index (χ3n) is 2.60. The third kappa shape index (κ3) is 4.21. The van der Waals surface area contributed by atoms with Crippen LogP contribution in [0.15, 0.2) is 30.3 Å². The molecule has 1 rings (SSSR count). The van der Waals surface area contributed by atoms with Crippen molar-refractivity contribution in [3.63, 3.8) is 0 Å². The molecule has 0 aliphatic heterocycles. The number of carboxylic acid groups (broad SMARTS) is 1. The fourth-order valence-corrected chi connectivity index (χ4v) is 1.81. The van der Waals surface area contributed by atoms with Crippen LogP contribution in [0.1, 0.15) is 12.5 Å². The third-order valence-corrected chi connectivity index (χ3v) is 2.60. The Morgan fingerprint density at radius 3 is 2.56 bits per heavy atom. The van der Waals surface area contributed by atoms with Gasteiger partial charge in [0.15, 0.2) is 0 Å². The van der Waals surface area contributed by atoms with Crippen molar-refractivity contribution in [3.8, 4) is 12.3 Å². The van der Waals surface area contributed by atoms with E-state index < -0.39 is 11.6 Å². The van der Waals surface area contributed by atoms with E-state index in [1.807, 2.05) is 18.2 Å². The highest BCUT2D eigenvalue weighted by Crippen LogP contribution is 2.21. The largest absolute Gasteiger partial charge is 0.480 e. The van der Waals surface area contributed by atoms with Gasteiger partial charge in [-0.25, -0.2) is 0 Å². The van der Waals surface area contributed by atoms with Gasteiger partial charge in [0.25, 0.3) is 0 Å². The maximum Gasteiger partial charge on any atom is 0.317 e. The van der Waals surface area contributed by atoms with E-state index in [1.165, 1.54) is 4.90 Å². The standard InChI is InChI=1S/C14H17NO3/c1-3-9-15(10-13(16)17)11-14(2,18)12-7-5-4-6-8-12/h1,4-8,18H,9-11H2,2H3,(H,16,17). The van der Waals surface area contributed by atoms with Gasteiger partial charge >= 0.3 is 5.97 Å². The average molecular weight is 247 g/mol. The molecule has 1 aromatic carbocycles. The molecule has 0 radical (unpaired) electrons. The minimum Gasteiger partial charge on any atom is -0.480 e. The summed E-state index contributed by atoms with van der Waals surface area (Å²) >= 11 is 0. The first-order valence-corrected chi connectivity index (χ1v) is 5.61. The van der Waals surface area contributed by atoms with Crippen molar-refractivity contribution in [1.29, 1.82) is 0 Å². The maximum atomic E-state index is 10.7. The molecular formula is C14H17NO3. The van der Waals surface area contributed by atoms with Gasteiger partial charge in [-0.2, -0.15) is 0 Å². The van der Waals surface area contributed by atoms with Gasteiger partial charge in [0.05, 0.1) is 18.7 Å². The molecule has 0 fully saturated rings. The van der Waals surface area contributed by atoms with Crippen LogP contribution >= 0.6 is 0 Å². The van der Waals surface area contributed by atoms with E-state index in [0.717, 1.165) is 5.56 Å². The summed E-state index contributed by atoms with van der Waals surface area (Å²) in [6, 6.07) is 9.11. The number of terminal acetylenes is 1. The molecule has 0 saturated heterocycles. The highest BCUT2D eigenvalue weighted by molar-refractivity contribution is 5.69. The number of nitrogens with zero attached hydrogens (tertiary/aromatic N) is 1. The lowest BCUT2D eigenvalue weighted by atomic mass is 9.95. The number of carbonyl (C=O) groups is 1. The Kier molecular flexibility index (Phi) is 4.90. The molecule has 0 spiro atoms. The van der Waals surface area contributed by atoms with E-state index in [9.17, 15) is 9.90 Å². The Labute approximate surface area is 107 Å². The van der Waals surface area contributed by atoms with Crippen molar-refractivity contribution >= 4 is 5.97 Å². The van der Waals surface area contributed by atoms with Crippen molar-refractivity contribution in [3.05, 3.63) is 35.9 Å². The Morgan fingerprint density at radius 1 is 1.44 bits per heavy atom. The van der Waals surface area contributed by atoms with Crippen LogP contribution in [-0.4, -0.2) is 40.7 Å². The SMILES string of the molecule is C#CCN(CC(=O)O)CC(C)(O)c1ccccc1. The summed E-state index contributed by atoms with van der Waals surface area (Å²) in [5.41, 5.74) is -0.398. The number of hydrogen-bond donors (Lipinski definition) is 2. The summed E-state index contributed by atoms with van der Waals surface area (Å²) < 4.78 is 0. The minimum atomic E-state index is -1.13. The Hall–Kier alpha value is -1.83. The first kappa shape index (κ1) is 14.2. The van der Waals surface area contributed by atoms with Crippen LogP contribution in [0.2, 0.25) is 0 Å². The number of aliphatic carboxylic acids is 1. The van der Waals surface area contributed by atoms with Gasteiger partial charge in [-0.15, -0.1) is 6.42 Å². The van der Waals surface area contributed by atoms with Gasteiger partial charge in [-0.1, -0.05) is 36.3 Å². The summed E-state index contributed by atoms with van der Waals surface area (Å²) in [4.78, 5) is 12.2. The van der Waals surface area contributed by atoms with Gasteiger partial charge in [0, 0.05) is 6.54 Å². The van der Waals surface area contributed by atoms with Gasteiger partial charge < -0.3 is 10.2 Å². The number of rotatable bonds is 6. The number of aliphatic hydroxyl groups is 1. The lowest BCUT2D eigenvalue weighted by Crippen LogP contribution is -2.41. The molecule has 4 heteroatoms. The predicted molar refractivity (Wildman–Crippen MR) is 68.9 cm³/mol. The van der Waals surface area contributed by atoms with E-state index >= 15 is 0 Å². The minimum absolute atomic E-state index is 0.174. The summed E-state index contributed by atoms with van der Waals surface area (Å²) in [5.74, 6) is 1.43. The molecule has 96 valence electrons. The number of benzene rings is 1. The predicted octanol–water partition coefficient (Wildman–Crippen LogP) is 0.914. The maximum absolute atomic E-state index is 10.7. The number of hydrogen-bond acceptors (Lipinski definition) is 3. The zero-order valence-corrected chi connectivity index (χ0v) is 10.3. The summed E-state index contributed by atoms with van der Waals surface area (Å²) in [7, 11) is 0. The van der Waals surface area contributed by atoms with Crippen LogP contribution in [0.5, 0.6) is 0 Å². The van der Waals surface area contributed by atoms with Gasteiger partial charge in [0.2, 0.25) is 0 Å². The molecule has 1 aromatic rings. The van der Waals surface area contributed by atoms with Gasteiger partial charge in [0.1, 0.15) is 0 Å². The summed E-state index contributed by atoms with van der Waals surface area (Å²) in [5, 5.41) is 19.2. The lowest BCUT2D eigenvalue weighted by Gasteiger charge is -2.30. The highest BCUT2D eigenvalue weighted by Gasteiger charge is 2.26. The van der Waals surface area contributed by atoms with Crippen LogP contribution in [0.25, 0.3) is 0 Å². The molecule has 0 heterocycles. The van der Waals surface area contributed by atoms with Crippen molar-refractivity contribution in [1.82, 2.24) is 4.90 Å². The molecule has 2 N–H and O–H groups in total. The molecule has 1 atom stereocenters. The van der Waals surface area contributed by atoms with Gasteiger partial charge in [-0.05, 0) is 12.5 Å². The molecule has 4 nitrogen and oxygen atoms in total. The van der Waals surface area contributed by atoms with Crippen LogP contribution in [0, 0.1) is 12.3 Å². The number of carboxylic acids is 1.